The highest BCUT2D eigenvalue weighted by Gasteiger charge is 2.30. The molecule has 0 amide bonds. The topological polar surface area (TPSA) is 107 Å². The van der Waals surface area contributed by atoms with Crippen LogP contribution in [0.15, 0.2) is 47.4 Å². The number of carbonyl (C=O) groups is 1. The lowest BCUT2D eigenvalue weighted by molar-refractivity contribution is -0.387. The van der Waals surface area contributed by atoms with Crippen molar-refractivity contribution < 1.29 is 22.9 Å². The van der Waals surface area contributed by atoms with Crippen molar-refractivity contribution in [1.29, 1.82) is 0 Å². The third kappa shape index (κ3) is 3.31. The average molecular weight is 364 g/mol. The molecule has 0 N–H and O–H groups in total. The lowest BCUT2D eigenvalue weighted by Gasteiger charge is -2.22. The molecule has 132 valence electrons. The highest BCUT2D eigenvalue weighted by molar-refractivity contribution is 7.93. The number of hydrogen-bond donors (Lipinski definition) is 0. The second-order valence-corrected chi connectivity index (χ2v) is 7.08. The second kappa shape index (κ2) is 6.89. The van der Waals surface area contributed by atoms with Gasteiger partial charge in [0.1, 0.15) is 0 Å². The fourth-order valence-electron chi connectivity index (χ4n) is 2.40. The highest BCUT2D eigenvalue weighted by Crippen LogP contribution is 2.31. The Morgan fingerprint density at radius 1 is 1.16 bits per heavy atom. The molecule has 0 bridgehead atoms. The van der Waals surface area contributed by atoms with E-state index in [0.717, 1.165) is 10.4 Å². The second-order valence-electron chi connectivity index (χ2n) is 5.14. The van der Waals surface area contributed by atoms with Crippen LogP contribution in [-0.2, 0) is 14.8 Å². The molecule has 0 atom stereocenters. The Balaban J connectivity index is 2.60. The van der Waals surface area contributed by atoms with Crippen molar-refractivity contribution in [3.63, 3.8) is 0 Å². The largest absolute Gasteiger partial charge is 0.465 e. The summed E-state index contributed by atoms with van der Waals surface area (Å²) in [6.07, 6.45) is 0. The molecule has 0 saturated heterocycles. The molecule has 0 fully saturated rings. The number of methoxy groups -OCH3 is 1. The zero-order valence-electron chi connectivity index (χ0n) is 13.8. The minimum Gasteiger partial charge on any atom is -0.465 e. The van der Waals surface area contributed by atoms with Crippen molar-refractivity contribution in [2.75, 3.05) is 18.5 Å². The molecule has 0 saturated carbocycles. The van der Waals surface area contributed by atoms with Crippen LogP contribution in [0.4, 0.5) is 11.4 Å². The number of esters is 1. The summed E-state index contributed by atoms with van der Waals surface area (Å²) in [5, 5.41) is 11.1. The summed E-state index contributed by atoms with van der Waals surface area (Å²) in [6.45, 7) is 1.58. The summed E-state index contributed by atoms with van der Waals surface area (Å²) in [5.41, 5.74) is 0.306. The van der Waals surface area contributed by atoms with Crippen LogP contribution < -0.4 is 4.31 Å². The van der Waals surface area contributed by atoms with E-state index in [-0.39, 0.29) is 11.3 Å². The van der Waals surface area contributed by atoms with E-state index in [1.807, 2.05) is 0 Å². The minimum atomic E-state index is -4.20. The predicted molar refractivity (Wildman–Crippen MR) is 91.2 cm³/mol. The highest BCUT2D eigenvalue weighted by atomic mass is 32.2. The summed E-state index contributed by atoms with van der Waals surface area (Å²) in [5.74, 6) is -0.601. The summed E-state index contributed by atoms with van der Waals surface area (Å²) >= 11 is 0. The molecular weight excluding hydrogens is 348 g/mol. The number of benzene rings is 2. The van der Waals surface area contributed by atoms with Crippen molar-refractivity contribution in [2.45, 2.75) is 11.8 Å². The summed E-state index contributed by atoms with van der Waals surface area (Å²) < 4.78 is 31.3. The van der Waals surface area contributed by atoms with Gasteiger partial charge in [-0.3, -0.25) is 14.4 Å². The predicted octanol–water partition coefficient (Wildman–Crippen LogP) is 2.51. The maximum Gasteiger partial charge on any atom is 0.338 e. The van der Waals surface area contributed by atoms with Crippen LogP contribution in [0.2, 0.25) is 0 Å². The molecular formula is C16H16N2O6S. The maximum atomic E-state index is 12.9. The quantitative estimate of drug-likeness (QED) is 0.458. The van der Waals surface area contributed by atoms with E-state index in [1.54, 1.807) is 6.92 Å². The van der Waals surface area contributed by atoms with Crippen LogP contribution in [-0.4, -0.2) is 33.5 Å². The zero-order valence-corrected chi connectivity index (χ0v) is 14.6. The van der Waals surface area contributed by atoms with Gasteiger partial charge >= 0.3 is 5.97 Å². The van der Waals surface area contributed by atoms with E-state index in [0.29, 0.717) is 5.56 Å². The number of nitrogens with zero attached hydrogens (tertiary/aromatic N) is 2. The average Bonchev–Trinajstić information content (AvgIpc) is 2.60. The van der Waals surface area contributed by atoms with E-state index >= 15 is 0 Å². The normalized spacial score (nSPS) is 11.0. The number of nitro groups is 1. The van der Waals surface area contributed by atoms with Crippen molar-refractivity contribution in [1.82, 2.24) is 0 Å². The fourth-order valence-corrected chi connectivity index (χ4v) is 3.81. The number of para-hydroxylation sites is 1. The van der Waals surface area contributed by atoms with Crippen molar-refractivity contribution in [3.05, 3.63) is 63.7 Å². The minimum absolute atomic E-state index is 0.213. The third-order valence-corrected chi connectivity index (χ3v) is 5.57. The first-order valence-electron chi connectivity index (χ1n) is 7.12. The van der Waals surface area contributed by atoms with Gasteiger partial charge in [0.25, 0.3) is 15.7 Å². The lowest BCUT2D eigenvalue weighted by Crippen LogP contribution is -2.28. The zero-order chi connectivity index (χ0) is 18.8. The number of rotatable bonds is 5. The van der Waals surface area contributed by atoms with Crippen LogP contribution in [0.25, 0.3) is 0 Å². The van der Waals surface area contributed by atoms with Gasteiger partial charge in [-0.2, -0.15) is 0 Å². The molecule has 0 aliphatic carbocycles. The van der Waals surface area contributed by atoms with Gasteiger partial charge in [-0.1, -0.05) is 18.2 Å². The van der Waals surface area contributed by atoms with E-state index in [9.17, 15) is 23.3 Å². The van der Waals surface area contributed by atoms with Crippen LogP contribution in [0, 0.1) is 17.0 Å². The fraction of sp³-hybridized carbons (Fsp3) is 0.188. The molecule has 25 heavy (non-hydrogen) atoms. The summed E-state index contributed by atoms with van der Waals surface area (Å²) in [7, 11) is -1.70. The molecule has 0 radical (unpaired) electrons. The van der Waals surface area contributed by atoms with Crippen molar-refractivity contribution in [3.8, 4) is 0 Å². The molecule has 0 aliphatic rings. The third-order valence-electron chi connectivity index (χ3n) is 3.75. The van der Waals surface area contributed by atoms with Gasteiger partial charge < -0.3 is 4.74 Å². The van der Waals surface area contributed by atoms with E-state index in [2.05, 4.69) is 4.74 Å². The first-order valence-corrected chi connectivity index (χ1v) is 8.56. The number of hydrogen-bond acceptors (Lipinski definition) is 6. The molecule has 0 spiro atoms. The van der Waals surface area contributed by atoms with Gasteiger partial charge in [-0.25, -0.2) is 13.2 Å². The molecule has 9 heteroatoms. The Morgan fingerprint density at radius 3 is 2.40 bits per heavy atom. The molecule has 2 aromatic rings. The monoisotopic (exact) mass is 364 g/mol. The molecule has 0 unspecified atom stereocenters. The first-order chi connectivity index (χ1) is 11.7. The summed E-state index contributed by atoms with van der Waals surface area (Å²) in [4.78, 5) is 21.8. The maximum absolute atomic E-state index is 12.9. The van der Waals surface area contributed by atoms with E-state index < -0.39 is 31.5 Å². The Bertz CT molecular complexity index is 939. The van der Waals surface area contributed by atoms with Gasteiger partial charge in [0, 0.05) is 13.1 Å². The molecule has 2 aromatic carbocycles. The SMILES string of the molecule is COC(=O)c1cccc(N(C)S(=O)(=O)c2ccccc2[N+](=O)[O-])c1C. The van der Waals surface area contributed by atoms with Gasteiger partial charge in [-0.05, 0) is 30.7 Å². The van der Waals surface area contributed by atoms with Gasteiger partial charge in [0.2, 0.25) is 0 Å². The number of nitro benzene ring substituents is 1. The van der Waals surface area contributed by atoms with Crippen molar-refractivity contribution in [2.24, 2.45) is 0 Å². The van der Waals surface area contributed by atoms with Gasteiger partial charge in [-0.15, -0.1) is 0 Å². The first kappa shape index (κ1) is 18.4. The van der Waals surface area contributed by atoms with Gasteiger partial charge in [0.15, 0.2) is 4.90 Å². The van der Waals surface area contributed by atoms with Crippen LogP contribution in [0.1, 0.15) is 15.9 Å². The summed E-state index contributed by atoms with van der Waals surface area (Å²) in [6, 6.07) is 9.62. The molecule has 0 heterocycles. The van der Waals surface area contributed by atoms with Crippen LogP contribution in [0.5, 0.6) is 0 Å². The Labute approximate surface area is 144 Å². The Morgan fingerprint density at radius 2 is 1.80 bits per heavy atom. The van der Waals surface area contributed by atoms with E-state index in [4.69, 9.17) is 0 Å². The standard InChI is InChI=1S/C16H16N2O6S/c1-11-12(16(19)24-3)7-6-9-13(11)17(2)25(22,23)15-10-5-4-8-14(15)18(20)21/h4-10H,1-3H3. The molecule has 2 rings (SSSR count). The van der Waals surface area contributed by atoms with Crippen molar-refractivity contribution >= 4 is 27.4 Å². The number of sulfonamides is 1. The van der Waals surface area contributed by atoms with Crippen LogP contribution in [0.3, 0.4) is 0 Å². The van der Waals surface area contributed by atoms with E-state index in [1.165, 1.54) is 50.6 Å². The number of carbonyl (C=O) groups excluding carboxylic acids is 1. The van der Waals surface area contributed by atoms with Gasteiger partial charge in [0.05, 0.1) is 23.3 Å². The Hall–Kier alpha value is -2.94. The molecule has 8 nitrogen and oxygen atoms in total. The Kier molecular flexibility index (Phi) is 5.07. The van der Waals surface area contributed by atoms with Crippen LogP contribution >= 0.6 is 0 Å². The number of anilines is 1. The molecule has 0 aliphatic heterocycles. The lowest BCUT2D eigenvalue weighted by atomic mass is 10.1. The molecule has 0 aromatic heterocycles. The smallest absolute Gasteiger partial charge is 0.338 e. The number of ether oxygens (including phenoxy) is 1.